The number of thiophene rings is 1. The monoisotopic (exact) mass is 366 g/mol. The summed E-state index contributed by atoms with van der Waals surface area (Å²) >= 11 is 1.68. The van der Waals surface area contributed by atoms with Crippen molar-refractivity contribution in [3.05, 3.63) is 46.3 Å². The minimum atomic E-state index is -0.246. The molecule has 2 fully saturated rings. The molecule has 26 heavy (non-hydrogen) atoms. The maximum atomic E-state index is 12.7. The van der Waals surface area contributed by atoms with Crippen LogP contribution in [0.3, 0.4) is 0 Å². The number of carbonyl (C=O) groups excluding carboxylic acids is 1. The Morgan fingerprint density at radius 1 is 1.35 bits per heavy atom. The van der Waals surface area contributed by atoms with Crippen molar-refractivity contribution in [3.8, 4) is 6.07 Å². The molecule has 1 aliphatic carbocycles. The van der Waals surface area contributed by atoms with Gasteiger partial charge < -0.3 is 10.2 Å². The van der Waals surface area contributed by atoms with Gasteiger partial charge in [-0.05, 0) is 55.2 Å². The Balaban J connectivity index is 1.30. The lowest BCUT2D eigenvalue weighted by Crippen LogP contribution is -2.41. The van der Waals surface area contributed by atoms with Crippen molar-refractivity contribution in [1.82, 2.24) is 10.3 Å². The minimum absolute atomic E-state index is 0.193. The van der Waals surface area contributed by atoms with E-state index >= 15 is 0 Å². The van der Waals surface area contributed by atoms with Crippen LogP contribution in [0.1, 0.15) is 36.1 Å². The first-order valence-corrected chi connectivity index (χ1v) is 10.0. The van der Waals surface area contributed by atoms with Crippen LogP contribution in [0, 0.1) is 17.2 Å². The van der Waals surface area contributed by atoms with Crippen LogP contribution in [0.5, 0.6) is 0 Å². The van der Waals surface area contributed by atoms with Gasteiger partial charge in [-0.2, -0.15) is 5.26 Å². The van der Waals surface area contributed by atoms with Crippen molar-refractivity contribution < 1.29 is 4.79 Å². The van der Waals surface area contributed by atoms with Gasteiger partial charge in [-0.15, -0.1) is 11.3 Å². The van der Waals surface area contributed by atoms with Gasteiger partial charge in [0.25, 0.3) is 0 Å². The SMILES string of the molecule is N#Cc1cccnc1N1CCC(CNC(=O)C2(c3cccs3)CC2)CC1. The van der Waals surface area contributed by atoms with E-state index in [1.807, 2.05) is 17.5 Å². The van der Waals surface area contributed by atoms with Crippen molar-refractivity contribution in [2.75, 3.05) is 24.5 Å². The Hall–Kier alpha value is -2.39. The Labute approximate surface area is 157 Å². The summed E-state index contributed by atoms with van der Waals surface area (Å²) in [6.45, 7) is 2.50. The fraction of sp³-hybridized carbons (Fsp3) is 0.450. The van der Waals surface area contributed by atoms with Gasteiger partial charge in [-0.1, -0.05) is 6.07 Å². The second kappa shape index (κ2) is 7.08. The quantitative estimate of drug-likeness (QED) is 0.883. The number of amides is 1. The first-order valence-electron chi connectivity index (χ1n) is 9.15. The highest BCUT2D eigenvalue weighted by Crippen LogP contribution is 2.50. The van der Waals surface area contributed by atoms with Crippen molar-refractivity contribution in [2.24, 2.45) is 5.92 Å². The lowest BCUT2D eigenvalue weighted by molar-refractivity contribution is -0.123. The molecule has 1 saturated heterocycles. The van der Waals surface area contributed by atoms with Crippen LogP contribution in [0.15, 0.2) is 35.8 Å². The lowest BCUT2D eigenvalue weighted by Gasteiger charge is -2.33. The average molecular weight is 366 g/mol. The van der Waals surface area contributed by atoms with Crippen molar-refractivity contribution >= 4 is 23.1 Å². The van der Waals surface area contributed by atoms with E-state index in [2.05, 4.69) is 27.3 Å². The molecule has 0 radical (unpaired) electrons. The van der Waals surface area contributed by atoms with Crippen molar-refractivity contribution in [3.63, 3.8) is 0 Å². The van der Waals surface area contributed by atoms with Gasteiger partial charge >= 0.3 is 0 Å². The summed E-state index contributed by atoms with van der Waals surface area (Å²) in [6.07, 6.45) is 5.69. The highest BCUT2D eigenvalue weighted by Gasteiger charge is 2.52. The van der Waals surface area contributed by atoms with E-state index in [0.29, 0.717) is 11.5 Å². The molecule has 1 amide bonds. The minimum Gasteiger partial charge on any atom is -0.356 e. The second-order valence-corrected chi connectivity index (χ2v) is 8.13. The fourth-order valence-corrected chi connectivity index (χ4v) is 4.74. The number of pyridine rings is 1. The summed E-state index contributed by atoms with van der Waals surface area (Å²) in [5, 5.41) is 14.5. The van der Waals surface area contributed by atoms with Crippen LogP contribution in [0.25, 0.3) is 0 Å². The molecule has 1 N–H and O–H groups in total. The largest absolute Gasteiger partial charge is 0.356 e. The van der Waals surface area contributed by atoms with Crippen LogP contribution in [-0.4, -0.2) is 30.5 Å². The predicted molar refractivity (Wildman–Crippen MR) is 102 cm³/mol. The van der Waals surface area contributed by atoms with E-state index in [1.165, 1.54) is 4.88 Å². The van der Waals surface area contributed by atoms with E-state index in [9.17, 15) is 10.1 Å². The molecule has 1 aliphatic heterocycles. The van der Waals surface area contributed by atoms with Crippen molar-refractivity contribution in [1.29, 1.82) is 5.26 Å². The molecule has 3 heterocycles. The third kappa shape index (κ3) is 3.19. The first-order chi connectivity index (χ1) is 12.7. The molecule has 2 aromatic heterocycles. The topological polar surface area (TPSA) is 69.0 Å². The number of aromatic nitrogens is 1. The number of carbonyl (C=O) groups is 1. The van der Waals surface area contributed by atoms with Crippen LogP contribution >= 0.6 is 11.3 Å². The molecule has 134 valence electrons. The standard InChI is InChI=1S/C20H22N4OS/c21-13-16-3-1-9-22-18(16)24-10-5-15(6-11-24)14-23-19(25)20(7-8-20)17-4-2-12-26-17/h1-4,9,12,15H,5-8,10-11,14H2,(H,23,25). The number of nitriles is 1. The van der Waals surface area contributed by atoms with E-state index in [1.54, 1.807) is 23.6 Å². The normalized spacial score (nSPS) is 19.0. The van der Waals surface area contributed by atoms with Crippen molar-refractivity contribution in [2.45, 2.75) is 31.1 Å². The maximum absolute atomic E-state index is 12.7. The maximum Gasteiger partial charge on any atom is 0.231 e. The van der Waals surface area contributed by atoms with Crippen LogP contribution in [0.4, 0.5) is 5.82 Å². The fourth-order valence-electron chi connectivity index (χ4n) is 3.75. The summed E-state index contributed by atoms with van der Waals surface area (Å²) in [6, 6.07) is 9.93. The highest BCUT2D eigenvalue weighted by molar-refractivity contribution is 7.10. The number of nitrogens with one attached hydrogen (secondary N) is 1. The zero-order valence-corrected chi connectivity index (χ0v) is 15.5. The van der Waals surface area contributed by atoms with E-state index < -0.39 is 0 Å². The van der Waals surface area contributed by atoms with E-state index in [-0.39, 0.29) is 11.3 Å². The van der Waals surface area contributed by atoms with Gasteiger partial charge in [-0.25, -0.2) is 4.98 Å². The molecule has 4 rings (SSSR count). The zero-order chi connectivity index (χ0) is 18.0. The molecule has 5 nitrogen and oxygen atoms in total. The van der Waals surface area contributed by atoms with Gasteiger partial charge in [-0.3, -0.25) is 4.79 Å². The third-order valence-corrected chi connectivity index (χ3v) is 6.62. The number of hydrogen-bond acceptors (Lipinski definition) is 5. The number of piperidine rings is 1. The van der Waals surface area contributed by atoms with Gasteiger partial charge in [0, 0.05) is 30.7 Å². The molecule has 0 bridgehead atoms. The Morgan fingerprint density at radius 2 is 2.15 bits per heavy atom. The molecule has 1 saturated carbocycles. The smallest absolute Gasteiger partial charge is 0.231 e. The molecule has 2 aliphatic rings. The lowest BCUT2D eigenvalue weighted by atomic mass is 9.95. The number of hydrogen-bond donors (Lipinski definition) is 1. The Morgan fingerprint density at radius 3 is 2.81 bits per heavy atom. The van der Waals surface area contributed by atoms with Gasteiger partial charge in [0.2, 0.25) is 5.91 Å². The zero-order valence-electron chi connectivity index (χ0n) is 14.6. The van der Waals surface area contributed by atoms with Gasteiger partial charge in [0.15, 0.2) is 0 Å². The number of rotatable bonds is 5. The summed E-state index contributed by atoms with van der Waals surface area (Å²) in [5.74, 6) is 1.47. The predicted octanol–water partition coefficient (Wildman–Crippen LogP) is 3.08. The second-order valence-electron chi connectivity index (χ2n) is 7.19. The van der Waals surface area contributed by atoms with Gasteiger partial charge in [0.05, 0.1) is 11.0 Å². The van der Waals surface area contributed by atoms with E-state index in [4.69, 9.17) is 0 Å². The van der Waals surface area contributed by atoms with Crippen LogP contribution < -0.4 is 10.2 Å². The van der Waals surface area contributed by atoms with Crippen LogP contribution in [-0.2, 0) is 10.2 Å². The molecular formula is C20H22N4OS. The number of anilines is 1. The van der Waals surface area contributed by atoms with E-state index in [0.717, 1.165) is 51.1 Å². The first kappa shape index (κ1) is 17.0. The Kier molecular flexibility index (Phi) is 4.64. The summed E-state index contributed by atoms with van der Waals surface area (Å²) < 4.78 is 0. The summed E-state index contributed by atoms with van der Waals surface area (Å²) in [7, 11) is 0. The summed E-state index contributed by atoms with van der Waals surface area (Å²) in [4.78, 5) is 20.4. The van der Waals surface area contributed by atoms with Crippen LogP contribution in [0.2, 0.25) is 0 Å². The Bertz CT molecular complexity index is 815. The average Bonchev–Trinajstić information content (AvgIpc) is 3.32. The molecule has 0 unspecified atom stereocenters. The molecule has 0 atom stereocenters. The molecule has 2 aromatic rings. The third-order valence-electron chi connectivity index (χ3n) is 5.55. The molecule has 0 spiro atoms. The summed E-state index contributed by atoms with van der Waals surface area (Å²) in [5.41, 5.74) is 0.385. The number of nitrogens with zero attached hydrogens (tertiary/aromatic N) is 3. The molecular weight excluding hydrogens is 344 g/mol. The molecule has 0 aromatic carbocycles. The van der Waals surface area contributed by atoms with Gasteiger partial charge in [0.1, 0.15) is 11.9 Å². The molecule has 6 heteroatoms. The highest BCUT2D eigenvalue weighted by atomic mass is 32.1.